The highest BCUT2D eigenvalue weighted by molar-refractivity contribution is 6.32. The molecule has 0 bridgehead atoms. The number of halogens is 1. The van der Waals surface area contributed by atoms with Gasteiger partial charge < -0.3 is 19.5 Å². The van der Waals surface area contributed by atoms with Gasteiger partial charge in [-0.3, -0.25) is 4.79 Å². The van der Waals surface area contributed by atoms with E-state index in [1.165, 1.54) is 18.1 Å². The monoisotopic (exact) mass is 401 g/mol. The lowest BCUT2D eigenvalue weighted by Gasteiger charge is -2.13. The second-order valence-corrected chi connectivity index (χ2v) is 6.55. The van der Waals surface area contributed by atoms with Crippen LogP contribution in [0.25, 0.3) is 16.7 Å². The third kappa shape index (κ3) is 3.18. The minimum absolute atomic E-state index is 0.236. The number of nitrogens with zero attached hydrogens (tertiary/aromatic N) is 5. The van der Waals surface area contributed by atoms with Crippen molar-refractivity contribution in [3.8, 4) is 11.6 Å². The second-order valence-electron chi connectivity index (χ2n) is 6.14. The molecule has 4 aromatic rings. The number of methoxy groups -OCH3 is 1. The summed E-state index contributed by atoms with van der Waals surface area (Å²) < 4.78 is 12.1. The number of ether oxygens (including phenoxy) is 1. The molecule has 10 nitrogen and oxygen atoms in total. The van der Waals surface area contributed by atoms with Crippen molar-refractivity contribution in [1.82, 2.24) is 30.2 Å². The van der Waals surface area contributed by atoms with E-state index in [1.54, 1.807) is 25.1 Å². The van der Waals surface area contributed by atoms with E-state index in [9.17, 15) is 4.79 Å². The SMILES string of the molecule is COc1cc2[nH]c(=O)c([C@H](C)Nc3nc(-n4nnnc4C)co3)cc2cc1Cl. The van der Waals surface area contributed by atoms with E-state index in [4.69, 9.17) is 20.8 Å². The number of hydrogen-bond acceptors (Lipinski definition) is 8. The van der Waals surface area contributed by atoms with Crippen molar-refractivity contribution in [2.24, 2.45) is 0 Å². The molecule has 0 aliphatic carbocycles. The zero-order valence-corrected chi connectivity index (χ0v) is 16.0. The molecule has 0 saturated heterocycles. The third-order valence-electron chi connectivity index (χ3n) is 4.29. The van der Waals surface area contributed by atoms with Crippen molar-refractivity contribution < 1.29 is 9.15 Å². The first-order valence-electron chi connectivity index (χ1n) is 8.34. The van der Waals surface area contributed by atoms with Gasteiger partial charge in [-0.2, -0.15) is 9.67 Å². The molecule has 0 amide bonds. The normalized spacial score (nSPS) is 12.3. The number of aromatic nitrogens is 6. The highest BCUT2D eigenvalue weighted by atomic mass is 35.5. The fraction of sp³-hybridized carbons (Fsp3) is 0.235. The molecular weight excluding hydrogens is 386 g/mol. The minimum Gasteiger partial charge on any atom is -0.495 e. The quantitative estimate of drug-likeness (QED) is 0.523. The lowest BCUT2D eigenvalue weighted by Crippen LogP contribution is -2.19. The lowest BCUT2D eigenvalue weighted by atomic mass is 10.1. The van der Waals surface area contributed by atoms with Crippen molar-refractivity contribution in [3.63, 3.8) is 0 Å². The van der Waals surface area contributed by atoms with Crippen LogP contribution in [0.5, 0.6) is 5.75 Å². The first kappa shape index (κ1) is 18.0. The number of tetrazole rings is 1. The average molecular weight is 402 g/mol. The summed E-state index contributed by atoms with van der Waals surface area (Å²) in [5.74, 6) is 1.50. The fourth-order valence-corrected chi connectivity index (χ4v) is 3.09. The van der Waals surface area contributed by atoms with E-state index >= 15 is 0 Å². The zero-order chi connectivity index (χ0) is 19.8. The molecule has 0 unspecified atom stereocenters. The number of aryl methyl sites for hydroxylation is 1. The molecule has 0 aliphatic heterocycles. The van der Waals surface area contributed by atoms with E-state index in [-0.39, 0.29) is 17.6 Å². The van der Waals surface area contributed by atoms with Crippen LogP contribution >= 0.6 is 11.6 Å². The predicted octanol–water partition coefficient (Wildman–Crippen LogP) is 2.64. The summed E-state index contributed by atoms with van der Waals surface area (Å²) in [5.41, 5.74) is 0.904. The van der Waals surface area contributed by atoms with Gasteiger partial charge in [0.25, 0.3) is 11.6 Å². The number of H-pyrrole nitrogens is 1. The topological polar surface area (TPSA) is 124 Å². The molecule has 2 N–H and O–H groups in total. The van der Waals surface area contributed by atoms with Crippen molar-refractivity contribution in [1.29, 1.82) is 0 Å². The standard InChI is InChI=1S/C17H16ClN7O3/c1-8(19-17-21-15(7-28-17)25-9(2)22-23-24-25)11-4-10-5-12(18)14(27-3)6-13(10)20-16(11)26/h4-8H,1-3H3,(H,19,21)(H,20,26)/t8-/m0/s1. The summed E-state index contributed by atoms with van der Waals surface area (Å²) in [6.45, 7) is 3.58. The number of hydrogen-bond donors (Lipinski definition) is 2. The van der Waals surface area contributed by atoms with Crippen molar-refractivity contribution in [3.05, 3.63) is 51.2 Å². The van der Waals surface area contributed by atoms with E-state index in [2.05, 4.69) is 30.8 Å². The number of benzene rings is 1. The molecule has 1 aromatic carbocycles. The Morgan fingerprint density at radius 3 is 2.89 bits per heavy atom. The van der Waals surface area contributed by atoms with Crippen LogP contribution in [0.4, 0.5) is 6.01 Å². The Morgan fingerprint density at radius 1 is 1.36 bits per heavy atom. The number of pyridine rings is 1. The van der Waals surface area contributed by atoms with Gasteiger partial charge in [-0.1, -0.05) is 11.6 Å². The largest absolute Gasteiger partial charge is 0.495 e. The number of nitrogens with one attached hydrogen (secondary N) is 2. The predicted molar refractivity (Wildman–Crippen MR) is 102 cm³/mol. The van der Waals surface area contributed by atoms with Crippen LogP contribution in [-0.2, 0) is 0 Å². The molecule has 0 fully saturated rings. The van der Waals surface area contributed by atoms with Gasteiger partial charge in [0.2, 0.25) is 0 Å². The number of anilines is 1. The van der Waals surface area contributed by atoms with Crippen LogP contribution in [0.2, 0.25) is 5.02 Å². The number of oxazole rings is 1. The summed E-state index contributed by atoms with van der Waals surface area (Å²) in [6.07, 6.45) is 1.43. The van der Waals surface area contributed by atoms with Gasteiger partial charge in [0.1, 0.15) is 12.0 Å². The van der Waals surface area contributed by atoms with Gasteiger partial charge in [-0.25, -0.2) is 0 Å². The second kappa shape index (κ2) is 6.97. The van der Waals surface area contributed by atoms with Crippen LogP contribution in [0.3, 0.4) is 0 Å². The lowest BCUT2D eigenvalue weighted by molar-refractivity contribution is 0.415. The van der Waals surface area contributed by atoms with Crippen LogP contribution in [0.1, 0.15) is 24.4 Å². The van der Waals surface area contributed by atoms with Gasteiger partial charge in [0.05, 0.1) is 23.7 Å². The van der Waals surface area contributed by atoms with E-state index in [0.29, 0.717) is 33.5 Å². The Bertz CT molecular complexity index is 1210. The maximum atomic E-state index is 12.5. The smallest absolute Gasteiger partial charge is 0.297 e. The highest BCUT2D eigenvalue weighted by Crippen LogP contribution is 2.29. The van der Waals surface area contributed by atoms with Gasteiger partial charge in [-0.15, -0.1) is 5.10 Å². The average Bonchev–Trinajstić information content (AvgIpc) is 3.29. The molecule has 0 saturated carbocycles. The van der Waals surface area contributed by atoms with E-state index in [1.807, 2.05) is 6.92 Å². The van der Waals surface area contributed by atoms with E-state index < -0.39 is 0 Å². The summed E-state index contributed by atoms with van der Waals surface area (Å²) in [4.78, 5) is 19.7. The number of aromatic amines is 1. The summed E-state index contributed by atoms with van der Waals surface area (Å²) in [7, 11) is 1.52. The Labute approximate surface area is 163 Å². The van der Waals surface area contributed by atoms with Crippen molar-refractivity contribution in [2.75, 3.05) is 12.4 Å². The van der Waals surface area contributed by atoms with Crippen LogP contribution in [-0.4, -0.2) is 37.3 Å². The van der Waals surface area contributed by atoms with Gasteiger partial charge in [0.15, 0.2) is 11.6 Å². The molecule has 144 valence electrons. The molecule has 1 atom stereocenters. The van der Waals surface area contributed by atoms with Crippen LogP contribution in [0.15, 0.2) is 33.7 Å². The Balaban J connectivity index is 1.63. The van der Waals surface area contributed by atoms with Crippen molar-refractivity contribution in [2.45, 2.75) is 19.9 Å². The maximum Gasteiger partial charge on any atom is 0.297 e. The van der Waals surface area contributed by atoms with Gasteiger partial charge in [-0.05, 0) is 36.4 Å². The van der Waals surface area contributed by atoms with E-state index in [0.717, 1.165) is 5.39 Å². The zero-order valence-electron chi connectivity index (χ0n) is 15.2. The first-order chi connectivity index (χ1) is 13.5. The molecule has 0 aliphatic rings. The Hall–Kier alpha value is -3.40. The molecule has 0 spiro atoms. The molecule has 0 radical (unpaired) electrons. The summed E-state index contributed by atoms with van der Waals surface area (Å²) in [6, 6.07) is 5.06. The molecular formula is C17H16ClN7O3. The molecule has 28 heavy (non-hydrogen) atoms. The highest BCUT2D eigenvalue weighted by Gasteiger charge is 2.16. The van der Waals surface area contributed by atoms with Crippen LogP contribution < -0.4 is 15.6 Å². The molecule has 3 aromatic heterocycles. The minimum atomic E-state index is -0.379. The number of fused-ring (bicyclic) bond motifs is 1. The van der Waals surface area contributed by atoms with Gasteiger partial charge >= 0.3 is 0 Å². The fourth-order valence-electron chi connectivity index (χ4n) is 2.84. The van der Waals surface area contributed by atoms with Crippen molar-refractivity contribution >= 4 is 28.5 Å². The van der Waals surface area contributed by atoms with Gasteiger partial charge in [0, 0.05) is 17.0 Å². The van der Waals surface area contributed by atoms with Crippen LogP contribution in [0, 0.1) is 6.92 Å². The first-order valence-corrected chi connectivity index (χ1v) is 8.72. The Kier molecular flexibility index (Phi) is 4.47. The molecule has 4 rings (SSSR count). The molecule has 11 heteroatoms. The Morgan fingerprint density at radius 2 is 2.18 bits per heavy atom. The number of rotatable bonds is 5. The summed E-state index contributed by atoms with van der Waals surface area (Å²) in [5, 5.41) is 15.5. The third-order valence-corrected chi connectivity index (χ3v) is 4.58. The molecule has 3 heterocycles. The summed E-state index contributed by atoms with van der Waals surface area (Å²) >= 11 is 6.19. The maximum absolute atomic E-state index is 12.5.